The quantitative estimate of drug-likeness (QED) is 0.557. The molecule has 0 amide bonds. The van der Waals surface area contributed by atoms with E-state index in [1.54, 1.807) is 17.2 Å². The predicted molar refractivity (Wildman–Crippen MR) is 108 cm³/mol. The molecule has 2 atom stereocenters. The highest BCUT2D eigenvalue weighted by molar-refractivity contribution is 7.89. The Morgan fingerprint density at radius 2 is 1.75 bits per heavy atom. The van der Waals surface area contributed by atoms with Crippen LogP contribution in [0.1, 0.15) is 37.3 Å². The number of alkyl halides is 3. The summed E-state index contributed by atoms with van der Waals surface area (Å²) in [5, 5.41) is 7.53. The van der Waals surface area contributed by atoms with Gasteiger partial charge in [0.05, 0.1) is 10.5 Å². The van der Waals surface area contributed by atoms with E-state index in [4.69, 9.17) is 0 Å². The van der Waals surface area contributed by atoms with E-state index < -0.39 is 38.5 Å². The summed E-state index contributed by atoms with van der Waals surface area (Å²) >= 11 is 0. The maximum atomic E-state index is 13.6. The number of halogens is 4. The van der Waals surface area contributed by atoms with Gasteiger partial charge in [0, 0.05) is 12.1 Å². The van der Waals surface area contributed by atoms with Gasteiger partial charge in [-0.05, 0) is 67.1 Å². The molecule has 1 N–H and O–H groups in total. The van der Waals surface area contributed by atoms with E-state index in [9.17, 15) is 26.0 Å². The van der Waals surface area contributed by atoms with Crippen molar-refractivity contribution in [3.63, 3.8) is 0 Å². The first kappa shape index (κ1) is 22.4. The van der Waals surface area contributed by atoms with Gasteiger partial charge in [-0.2, -0.15) is 13.2 Å². The molecule has 1 heterocycles. The Bertz CT molecular complexity index is 1200. The lowest BCUT2D eigenvalue weighted by Crippen LogP contribution is -2.38. The zero-order valence-corrected chi connectivity index (χ0v) is 17.6. The van der Waals surface area contributed by atoms with E-state index in [-0.39, 0.29) is 17.2 Å². The Morgan fingerprint density at radius 1 is 1.00 bits per heavy atom. The molecule has 170 valence electrons. The molecule has 0 bridgehead atoms. The molecule has 1 aliphatic carbocycles. The number of sulfonamides is 1. The fourth-order valence-corrected chi connectivity index (χ4v) is 5.33. The molecular weight excluding hydrogens is 448 g/mol. The second kappa shape index (κ2) is 8.62. The van der Waals surface area contributed by atoms with Crippen LogP contribution in [0, 0.1) is 5.82 Å². The number of hydrogen-bond donors (Lipinski definition) is 1. The minimum Gasteiger partial charge on any atom is -0.317 e. The van der Waals surface area contributed by atoms with Gasteiger partial charge < -0.3 is 4.57 Å². The van der Waals surface area contributed by atoms with Gasteiger partial charge in [0.1, 0.15) is 18.5 Å². The third-order valence-electron chi connectivity index (χ3n) is 5.53. The van der Waals surface area contributed by atoms with Crippen LogP contribution in [0.25, 0.3) is 11.1 Å². The van der Waals surface area contributed by atoms with Crippen molar-refractivity contribution in [2.45, 2.75) is 48.8 Å². The Balaban J connectivity index is 1.65. The Hall–Kier alpha value is -2.79. The number of hydrogen-bond acceptors (Lipinski definition) is 4. The lowest BCUT2D eigenvalue weighted by Gasteiger charge is -2.30. The summed E-state index contributed by atoms with van der Waals surface area (Å²) in [6.07, 6.45) is 0.939. The van der Waals surface area contributed by atoms with E-state index in [0.29, 0.717) is 18.9 Å². The van der Waals surface area contributed by atoms with Crippen LogP contribution in [-0.2, 0) is 16.2 Å². The molecule has 4 rings (SSSR count). The molecule has 0 unspecified atom stereocenters. The molecular formula is C21H20F4N4O2S. The normalized spacial score (nSPS) is 19.8. The summed E-state index contributed by atoms with van der Waals surface area (Å²) < 4.78 is 84.5. The zero-order chi connectivity index (χ0) is 22.9. The van der Waals surface area contributed by atoms with E-state index in [1.165, 1.54) is 12.1 Å². The maximum Gasteiger partial charge on any atom is 0.416 e. The smallest absolute Gasteiger partial charge is 0.317 e. The largest absolute Gasteiger partial charge is 0.416 e. The molecule has 3 aromatic rings. The zero-order valence-electron chi connectivity index (χ0n) is 16.8. The van der Waals surface area contributed by atoms with Crippen LogP contribution in [0.3, 0.4) is 0 Å². The molecule has 0 radical (unpaired) electrons. The van der Waals surface area contributed by atoms with Gasteiger partial charge in [-0.25, -0.2) is 17.5 Å². The van der Waals surface area contributed by atoms with Gasteiger partial charge in [-0.15, -0.1) is 10.2 Å². The third kappa shape index (κ3) is 4.99. The van der Waals surface area contributed by atoms with Crippen LogP contribution < -0.4 is 4.72 Å². The number of benzene rings is 2. The lowest BCUT2D eigenvalue weighted by atomic mass is 9.91. The fourth-order valence-electron chi connectivity index (χ4n) is 3.98. The number of rotatable bonds is 5. The van der Waals surface area contributed by atoms with Crippen LogP contribution >= 0.6 is 0 Å². The highest BCUT2D eigenvalue weighted by atomic mass is 32.2. The molecule has 1 aliphatic rings. The van der Waals surface area contributed by atoms with Crippen molar-refractivity contribution >= 4 is 10.0 Å². The molecule has 32 heavy (non-hydrogen) atoms. The van der Waals surface area contributed by atoms with Gasteiger partial charge in [-0.3, -0.25) is 0 Å². The lowest BCUT2D eigenvalue weighted by molar-refractivity contribution is -0.137. The number of nitrogens with one attached hydrogen (secondary N) is 1. The van der Waals surface area contributed by atoms with E-state index in [1.807, 2.05) is 0 Å². The summed E-state index contributed by atoms with van der Waals surface area (Å²) in [4.78, 5) is -0.516. The first-order valence-corrected chi connectivity index (χ1v) is 11.4. The molecule has 6 nitrogen and oxygen atoms in total. The van der Waals surface area contributed by atoms with Crippen molar-refractivity contribution < 1.29 is 26.0 Å². The Morgan fingerprint density at radius 3 is 2.44 bits per heavy atom. The molecule has 11 heteroatoms. The topological polar surface area (TPSA) is 76.9 Å². The second-order valence-corrected chi connectivity index (χ2v) is 9.52. The first-order chi connectivity index (χ1) is 15.1. The first-order valence-electron chi connectivity index (χ1n) is 9.96. The maximum absolute atomic E-state index is 13.6. The summed E-state index contributed by atoms with van der Waals surface area (Å²) in [6, 6.07) is 7.09. The van der Waals surface area contributed by atoms with Gasteiger partial charge in [-0.1, -0.05) is 12.1 Å². The Labute approximate surface area is 182 Å². The summed E-state index contributed by atoms with van der Waals surface area (Å²) in [5.41, 5.74) is -1.01. The SMILES string of the molecule is O=S(=O)(N[C@H]1CCC[C@@H](n2cnnc2)C1)c1cc(-c2cccc(F)c2)cc(C(F)(F)F)c1. The highest BCUT2D eigenvalue weighted by Crippen LogP contribution is 2.35. The molecule has 1 saturated carbocycles. The Kier molecular flexibility index (Phi) is 6.04. The average Bonchev–Trinajstić information content (AvgIpc) is 3.28. The van der Waals surface area contributed by atoms with Crippen molar-refractivity contribution in [3.8, 4) is 11.1 Å². The van der Waals surface area contributed by atoms with Crippen molar-refractivity contribution in [1.29, 1.82) is 0 Å². The van der Waals surface area contributed by atoms with Crippen LogP contribution in [0.15, 0.2) is 60.0 Å². The minimum absolute atomic E-state index is 0.00388. The van der Waals surface area contributed by atoms with Crippen LogP contribution in [0.2, 0.25) is 0 Å². The molecule has 2 aromatic carbocycles. The summed E-state index contributed by atoms with van der Waals surface area (Å²) in [6.45, 7) is 0. The molecule has 1 aromatic heterocycles. The molecule has 0 aliphatic heterocycles. The van der Waals surface area contributed by atoms with Crippen molar-refractivity contribution in [3.05, 3.63) is 66.5 Å². The predicted octanol–water partition coefficient (Wildman–Crippen LogP) is 4.57. The van der Waals surface area contributed by atoms with Crippen molar-refractivity contribution in [2.75, 3.05) is 0 Å². The average molecular weight is 468 g/mol. The van der Waals surface area contributed by atoms with E-state index in [2.05, 4.69) is 14.9 Å². The fraction of sp³-hybridized carbons (Fsp3) is 0.333. The van der Waals surface area contributed by atoms with Crippen LogP contribution in [0.5, 0.6) is 0 Å². The summed E-state index contributed by atoms with van der Waals surface area (Å²) in [7, 11) is -4.26. The second-order valence-electron chi connectivity index (χ2n) is 7.80. The van der Waals surface area contributed by atoms with Crippen LogP contribution in [-0.4, -0.2) is 29.2 Å². The van der Waals surface area contributed by atoms with E-state index in [0.717, 1.165) is 37.1 Å². The van der Waals surface area contributed by atoms with E-state index >= 15 is 0 Å². The standard InChI is InChI=1S/C21H20F4N4O2S/c22-17-4-1-3-14(8-17)15-7-16(21(23,24)25)10-20(9-15)32(30,31)28-18-5-2-6-19(11-18)29-12-26-27-13-29/h1,3-4,7-10,12-13,18-19,28H,2,5-6,11H2/t18-,19+/m0/s1. The molecule has 1 fully saturated rings. The number of aromatic nitrogens is 3. The van der Waals surface area contributed by atoms with Gasteiger partial charge in [0.2, 0.25) is 10.0 Å². The summed E-state index contributed by atoms with van der Waals surface area (Å²) in [5.74, 6) is -0.635. The van der Waals surface area contributed by atoms with Crippen molar-refractivity contribution in [1.82, 2.24) is 19.5 Å². The minimum atomic E-state index is -4.77. The third-order valence-corrected chi connectivity index (χ3v) is 7.03. The highest BCUT2D eigenvalue weighted by Gasteiger charge is 2.34. The monoisotopic (exact) mass is 468 g/mol. The van der Waals surface area contributed by atoms with Crippen LogP contribution in [0.4, 0.5) is 17.6 Å². The van der Waals surface area contributed by atoms with Gasteiger partial charge in [0.15, 0.2) is 0 Å². The van der Waals surface area contributed by atoms with Gasteiger partial charge in [0.25, 0.3) is 0 Å². The number of nitrogens with zero attached hydrogens (tertiary/aromatic N) is 3. The molecule has 0 saturated heterocycles. The molecule has 0 spiro atoms. The van der Waals surface area contributed by atoms with Crippen molar-refractivity contribution in [2.24, 2.45) is 0 Å². The van der Waals surface area contributed by atoms with Gasteiger partial charge >= 0.3 is 6.18 Å².